The van der Waals surface area contributed by atoms with Gasteiger partial charge in [0.1, 0.15) is 5.69 Å². The molecule has 3 aromatic rings. The first kappa shape index (κ1) is 12.5. The molecule has 0 amide bonds. The fourth-order valence-corrected chi connectivity index (χ4v) is 2.21. The van der Waals surface area contributed by atoms with Gasteiger partial charge in [-0.05, 0) is 12.1 Å². The molecule has 3 N–H and O–H groups in total. The van der Waals surface area contributed by atoms with Crippen LogP contribution in [-0.2, 0) is 6.18 Å². The van der Waals surface area contributed by atoms with Gasteiger partial charge in [-0.25, -0.2) is 0 Å². The fraction of sp³-hybridized carbons (Fsp3) is 0.0714. The number of alkyl halides is 3. The number of H-pyrrole nitrogens is 1. The molecule has 0 fully saturated rings. The standard InChI is InChI=1S/C14H10F3N3/c15-14(16,17)10-6-2-1-4-8(10)12-9-5-3-7-11(18)13(9)20-19-12/h1-7H,18H2,(H,19,20). The molecular weight excluding hydrogens is 267 g/mol. The minimum absolute atomic E-state index is 0.0388. The number of hydrogen-bond acceptors (Lipinski definition) is 2. The quantitative estimate of drug-likeness (QED) is 0.664. The Labute approximate surface area is 112 Å². The lowest BCUT2D eigenvalue weighted by atomic mass is 10.0. The van der Waals surface area contributed by atoms with Crippen LogP contribution in [0.25, 0.3) is 22.2 Å². The van der Waals surface area contributed by atoms with Crippen molar-refractivity contribution >= 4 is 16.6 Å². The van der Waals surface area contributed by atoms with Crippen LogP contribution in [0.15, 0.2) is 42.5 Å². The molecule has 20 heavy (non-hydrogen) atoms. The van der Waals surface area contributed by atoms with E-state index >= 15 is 0 Å². The van der Waals surface area contributed by atoms with E-state index < -0.39 is 11.7 Å². The monoisotopic (exact) mass is 277 g/mol. The first-order valence-electron chi connectivity index (χ1n) is 5.87. The summed E-state index contributed by atoms with van der Waals surface area (Å²) in [5.74, 6) is 0. The predicted octanol–water partition coefficient (Wildman–Crippen LogP) is 3.83. The molecule has 0 aliphatic heterocycles. The largest absolute Gasteiger partial charge is 0.417 e. The second-order valence-electron chi connectivity index (χ2n) is 4.39. The number of hydrogen-bond donors (Lipinski definition) is 2. The van der Waals surface area contributed by atoms with Crippen LogP contribution in [0.4, 0.5) is 18.9 Å². The summed E-state index contributed by atoms with van der Waals surface area (Å²) in [4.78, 5) is 0. The fourth-order valence-electron chi connectivity index (χ4n) is 2.21. The Balaban J connectivity index is 2.30. The van der Waals surface area contributed by atoms with Gasteiger partial charge in [-0.1, -0.05) is 30.3 Å². The average molecular weight is 277 g/mol. The molecule has 0 aliphatic carbocycles. The number of halogens is 3. The Kier molecular flexibility index (Phi) is 2.67. The predicted molar refractivity (Wildman–Crippen MR) is 70.9 cm³/mol. The van der Waals surface area contributed by atoms with Crippen molar-refractivity contribution in [3.63, 3.8) is 0 Å². The SMILES string of the molecule is Nc1cccc2c(-c3ccccc3C(F)(F)F)n[nH]c12. The summed E-state index contributed by atoms with van der Waals surface area (Å²) in [6.45, 7) is 0. The van der Waals surface area contributed by atoms with E-state index in [9.17, 15) is 13.2 Å². The number of nitrogens with two attached hydrogens (primary N) is 1. The van der Waals surface area contributed by atoms with Gasteiger partial charge in [-0.2, -0.15) is 18.3 Å². The summed E-state index contributed by atoms with van der Waals surface area (Å²) >= 11 is 0. The summed E-state index contributed by atoms with van der Waals surface area (Å²) in [7, 11) is 0. The molecule has 2 aromatic carbocycles. The minimum atomic E-state index is -4.43. The maximum atomic E-state index is 13.1. The van der Waals surface area contributed by atoms with Gasteiger partial charge >= 0.3 is 6.18 Å². The first-order valence-corrected chi connectivity index (χ1v) is 5.87. The Morgan fingerprint density at radius 3 is 2.50 bits per heavy atom. The van der Waals surface area contributed by atoms with E-state index in [2.05, 4.69) is 10.2 Å². The average Bonchev–Trinajstić information content (AvgIpc) is 2.83. The van der Waals surface area contributed by atoms with E-state index in [1.807, 2.05) is 0 Å². The van der Waals surface area contributed by atoms with Crippen LogP contribution in [0.5, 0.6) is 0 Å². The number of rotatable bonds is 1. The molecule has 0 unspecified atom stereocenters. The molecule has 0 spiro atoms. The van der Waals surface area contributed by atoms with Crippen molar-refractivity contribution in [2.45, 2.75) is 6.18 Å². The van der Waals surface area contributed by atoms with Crippen LogP contribution in [0.1, 0.15) is 5.56 Å². The molecule has 0 saturated carbocycles. The second-order valence-corrected chi connectivity index (χ2v) is 4.39. The van der Waals surface area contributed by atoms with Crippen LogP contribution < -0.4 is 5.73 Å². The van der Waals surface area contributed by atoms with Gasteiger partial charge in [0.2, 0.25) is 0 Å². The Bertz CT molecular complexity index is 775. The van der Waals surface area contributed by atoms with Crippen molar-refractivity contribution in [2.24, 2.45) is 0 Å². The van der Waals surface area contributed by atoms with Crippen LogP contribution in [-0.4, -0.2) is 10.2 Å². The van der Waals surface area contributed by atoms with Gasteiger partial charge in [0.15, 0.2) is 0 Å². The molecule has 0 atom stereocenters. The van der Waals surface area contributed by atoms with Crippen LogP contribution in [0.2, 0.25) is 0 Å². The van der Waals surface area contributed by atoms with Gasteiger partial charge in [0.05, 0.1) is 16.8 Å². The number of fused-ring (bicyclic) bond motifs is 1. The van der Waals surface area contributed by atoms with E-state index in [4.69, 9.17) is 5.73 Å². The molecule has 0 bridgehead atoms. The Morgan fingerprint density at radius 2 is 1.75 bits per heavy atom. The molecule has 1 aromatic heterocycles. The number of nitrogens with zero attached hydrogens (tertiary/aromatic N) is 1. The summed E-state index contributed by atoms with van der Waals surface area (Å²) in [5.41, 5.74) is 6.35. The highest BCUT2D eigenvalue weighted by Crippen LogP contribution is 2.38. The van der Waals surface area contributed by atoms with Gasteiger partial charge < -0.3 is 5.73 Å². The van der Waals surface area contributed by atoms with E-state index in [-0.39, 0.29) is 11.3 Å². The van der Waals surface area contributed by atoms with Crippen molar-refractivity contribution in [1.82, 2.24) is 10.2 Å². The van der Waals surface area contributed by atoms with E-state index in [1.54, 1.807) is 24.3 Å². The molecule has 102 valence electrons. The summed E-state index contributed by atoms with van der Waals surface area (Å²) in [6.07, 6.45) is -4.43. The van der Waals surface area contributed by atoms with Crippen molar-refractivity contribution in [1.29, 1.82) is 0 Å². The van der Waals surface area contributed by atoms with Crippen LogP contribution in [0, 0.1) is 0 Å². The highest BCUT2D eigenvalue weighted by Gasteiger charge is 2.34. The smallest absolute Gasteiger partial charge is 0.397 e. The third-order valence-corrected chi connectivity index (χ3v) is 3.12. The number of aromatic amines is 1. The van der Waals surface area contributed by atoms with Crippen molar-refractivity contribution in [3.8, 4) is 11.3 Å². The number of aromatic nitrogens is 2. The van der Waals surface area contributed by atoms with E-state index in [0.717, 1.165) is 6.07 Å². The number of para-hydroxylation sites is 1. The highest BCUT2D eigenvalue weighted by atomic mass is 19.4. The van der Waals surface area contributed by atoms with Crippen molar-refractivity contribution in [3.05, 3.63) is 48.0 Å². The zero-order valence-corrected chi connectivity index (χ0v) is 10.2. The topological polar surface area (TPSA) is 54.7 Å². The van der Waals surface area contributed by atoms with E-state index in [1.165, 1.54) is 12.1 Å². The van der Waals surface area contributed by atoms with E-state index in [0.29, 0.717) is 16.6 Å². The van der Waals surface area contributed by atoms with Crippen molar-refractivity contribution < 1.29 is 13.2 Å². The first-order chi connectivity index (χ1) is 9.48. The second kappa shape index (κ2) is 4.26. The molecule has 3 rings (SSSR count). The maximum Gasteiger partial charge on any atom is 0.417 e. The third kappa shape index (κ3) is 1.89. The zero-order valence-electron chi connectivity index (χ0n) is 10.2. The number of benzene rings is 2. The Hall–Kier alpha value is -2.50. The molecule has 0 radical (unpaired) electrons. The molecule has 3 nitrogen and oxygen atoms in total. The normalized spacial score (nSPS) is 11.9. The molecule has 1 heterocycles. The molecule has 0 aliphatic rings. The number of nitrogens with one attached hydrogen (secondary N) is 1. The van der Waals surface area contributed by atoms with Gasteiger partial charge in [0.25, 0.3) is 0 Å². The van der Waals surface area contributed by atoms with Gasteiger partial charge in [-0.15, -0.1) is 0 Å². The molecule has 0 saturated heterocycles. The lowest BCUT2D eigenvalue weighted by molar-refractivity contribution is -0.137. The maximum absolute atomic E-state index is 13.1. The lowest BCUT2D eigenvalue weighted by Crippen LogP contribution is -2.07. The highest BCUT2D eigenvalue weighted by molar-refractivity contribution is 5.99. The van der Waals surface area contributed by atoms with Crippen molar-refractivity contribution in [2.75, 3.05) is 5.73 Å². The molecular formula is C14H10F3N3. The zero-order chi connectivity index (χ0) is 14.3. The number of anilines is 1. The Morgan fingerprint density at radius 1 is 1.00 bits per heavy atom. The van der Waals surface area contributed by atoms with Crippen LogP contribution >= 0.6 is 0 Å². The van der Waals surface area contributed by atoms with Crippen LogP contribution in [0.3, 0.4) is 0 Å². The third-order valence-electron chi connectivity index (χ3n) is 3.12. The number of nitrogen functional groups attached to an aromatic ring is 1. The lowest BCUT2D eigenvalue weighted by Gasteiger charge is -2.11. The molecule has 6 heteroatoms. The van der Waals surface area contributed by atoms with Gasteiger partial charge in [0, 0.05) is 10.9 Å². The summed E-state index contributed by atoms with van der Waals surface area (Å²) in [6, 6.07) is 10.4. The minimum Gasteiger partial charge on any atom is -0.397 e. The summed E-state index contributed by atoms with van der Waals surface area (Å²) < 4.78 is 39.2. The van der Waals surface area contributed by atoms with Gasteiger partial charge in [-0.3, -0.25) is 5.10 Å². The summed E-state index contributed by atoms with van der Waals surface area (Å²) in [5, 5.41) is 7.26.